The average Bonchev–Trinajstić information content (AvgIpc) is 3.04. The van der Waals surface area contributed by atoms with E-state index in [0.717, 1.165) is 21.5 Å². The van der Waals surface area contributed by atoms with Gasteiger partial charge in [0.15, 0.2) is 11.0 Å². The third kappa shape index (κ3) is 3.30. The van der Waals surface area contributed by atoms with Crippen molar-refractivity contribution in [2.45, 2.75) is 5.16 Å². The second-order valence-corrected chi connectivity index (χ2v) is 6.56. The molecule has 0 spiro atoms. The Kier molecular flexibility index (Phi) is 5.18. The van der Waals surface area contributed by atoms with Crippen molar-refractivity contribution in [3.8, 4) is 28.9 Å². The maximum Gasteiger partial charge on any atom is 0.197 e. The quantitative estimate of drug-likeness (QED) is 0.596. The van der Waals surface area contributed by atoms with Crippen LogP contribution in [0.5, 0.6) is 5.75 Å². The zero-order chi connectivity index (χ0) is 16.9. The van der Waals surface area contributed by atoms with E-state index >= 15 is 0 Å². The Hall–Kier alpha value is -2.30. The van der Waals surface area contributed by atoms with Crippen molar-refractivity contribution in [3.63, 3.8) is 0 Å². The Bertz CT molecular complexity index is 886. The van der Waals surface area contributed by atoms with E-state index in [9.17, 15) is 0 Å². The van der Waals surface area contributed by atoms with Crippen LogP contribution in [0.3, 0.4) is 0 Å². The van der Waals surface area contributed by atoms with Crippen molar-refractivity contribution in [2.75, 3.05) is 12.9 Å². The molecule has 1 aromatic heterocycles. The third-order valence-corrected chi connectivity index (χ3v) is 4.83. The van der Waals surface area contributed by atoms with Gasteiger partial charge in [-0.25, -0.2) is 0 Å². The van der Waals surface area contributed by atoms with Gasteiger partial charge in [0, 0.05) is 15.7 Å². The fourth-order valence-corrected chi connectivity index (χ4v) is 3.32. The van der Waals surface area contributed by atoms with Crippen LogP contribution in [0.1, 0.15) is 0 Å². The molecule has 0 saturated heterocycles. The van der Waals surface area contributed by atoms with Crippen LogP contribution in [0.2, 0.25) is 0 Å². The van der Waals surface area contributed by atoms with Gasteiger partial charge in [0.2, 0.25) is 0 Å². The van der Waals surface area contributed by atoms with Gasteiger partial charge in [-0.15, -0.1) is 10.2 Å². The molecule has 7 heteroatoms. The summed E-state index contributed by atoms with van der Waals surface area (Å²) in [7, 11) is 1.63. The molecule has 0 aliphatic carbocycles. The van der Waals surface area contributed by atoms with Crippen LogP contribution in [-0.2, 0) is 0 Å². The van der Waals surface area contributed by atoms with Gasteiger partial charge in [0.1, 0.15) is 5.75 Å². The summed E-state index contributed by atoms with van der Waals surface area (Å²) in [4.78, 5) is 0. The first-order valence-corrected chi connectivity index (χ1v) is 8.87. The fraction of sp³-hybridized carbons (Fsp3) is 0.118. The Morgan fingerprint density at radius 1 is 1.17 bits per heavy atom. The first kappa shape index (κ1) is 16.6. The number of ether oxygens (including phenoxy) is 1. The van der Waals surface area contributed by atoms with Gasteiger partial charge >= 0.3 is 0 Å². The molecule has 0 saturated carbocycles. The SMILES string of the molecule is COc1ccc(-n2c(SCC#N)nnc2-c2ccccc2Br)cc1. The molecule has 0 unspecified atom stereocenters. The lowest BCUT2D eigenvalue weighted by molar-refractivity contribution is 0.414. The smallest absolute Gasteiger partial charge is 0.197 e. The Labute approximate surface area is 152 Å². The maximum atomic E-state index is 8.87. The fourth-order valence-electron chi connectivity index (χ4n) is 2.24. The summed E-state index contributed by atoms with van der Waals surface area (Å²) in [6.07, 6.45) is 0. The van der Waals surface area contributed by atoms with Crippen LogP contribution < -0.4 is 4.74 Å². The molecule has 0 amide bonds. The van der Waals surface area contributed by atoms with Gasteiger partial charge in [0.25, 0.3) is 0 Å². The molecule has 0 N–H and O–H groups in total. The van der Waals surface area contributed by atoms with Crippen LogP contribution >= 0.6 is 27.7 Å². The predicted molar refractivity (Wildman–Crippen MR) is 97.4 cm³/mol. The van der Waals surface area contributed by atoms with Crippen molar-refractivity contribution in [1.82, 2.24) is 14.8 Å². The minimum Gasteiger partial charge on any atom is -0.497 e. The first-order valence-electron chi connectivity index (χ1n) is 7.09. The Morgan fingerprint density at radius 3 is 2.58 bits per heavy atom. The summed E-state index contributed by atoms with van der Waals surface area (Å²) in [5.41, 5.74) is 1.84. The molecule has 0 atom stereocenters. The van der Waals surface area contributed by atoms with Crippen molar-refractivity contribution in [1.29, 1.82) is 5.26 Å². The van der Waals surface area contributed by atoms with Gasteiger partial charge < -0.3 is 4.74 Å². The number of nitrogens with zero attached hydrogens (tertiary/aromatic N) is 4. The number of methoxy groups -OCH3 is 1. The van der Waals surface area contributed by atoms with E-state index in [1.165, 1.54) is 11.8 Å². The van der Waals surface area contributed by atoms with Crippen molar-refractivity contribution < 1.29 is 4.74 Å². The Morgan fingerprint density at radius 2 is 1.92 bits per heavy atom. The third-order valence-electron chi connectivity index (χ3n) is 3.34. The highest BCUT2D eigenvalue weighted by Gasteiger charge is 2.17. The van der Waals surface area contributed by atoms with E-state index < -0.39 is 0 Å². The largest absolute Gasteiger partial charge is 0.497 e. The number of halogens is 1. The molecule has 2 aromatic carbocycles. The summed E-state index contributed by atoms with van der Waals surface area (Å²) in [6, 6.07) is 17.6. The normalized spacial score (nSPS) is 10.4. The molecule has 0 radical (unpaired) electrons. The van der Waals surface area contributed by atoms with E-state index in [-0.39, 0.29) is 0 Å². The van der Waals surface area contributed by atoms with Crippen LogP contribution in [0.15, 0.2) is 58.2 Å². The van der Waals surface area contributed by atoms with E-state index in [0.29, 0.717) is 16.7 Å². The highest BCUT2D eigenvalue weighted by atomic mass is 79.9. The van der Waals surface area contributed by atoms with Crippen molar-refractivity contribution >= 4 is 27.7 Å². The van der Waals surface area contributed by atoms with Crippen LogP contribution in [0.25, 0.3) is 17.1 Å². The minimum absolute atomic E-state index is 0.310. The van der Waals surface area contributed by atoms with Gasteiger partial charge in [-0.1, -0.05) is 45.9 Å². The van der Waals surface area contributed by atoms with Gasteiger partial charge in [0.05, 0.1) is 18.9 Å². The van der Waals surface area contributed by atoms with E-state index in [2.05, 4.69) is 32.2 Å². The van der Waals surface area contributed by atoms with Gasteiger partial charge in [-0.2, -0.15) is 5.26 Å². The lowest BCUT2D eigenvalue weighted by Gasteiger charge is -2.11. The second-order valence-electron chi connectivity index (χ2n) is 4.77. The van der Waals surface area contributed by atoms with Gasteiger partial charge in [-0.05, 0) is 30.3 Å². The molecule has 0 aliphatic rings. The molecule has 1 heterocycles. The molecular formula is C17H13BrN4OS. The van der Waals surface area contributed by atoms with Gasteiger partial charge in [-0.3, -0.25) is 4.57 Å². The zero-order valence-electron chi connectivity index (χ0n) is 12.8. The van der Waals surface area contributed by atoms with Crippen molar-refractivity contribution in [3.05, 3.63) is 53.0 Å². The number of benzene rings is 2. The number of hydrogen-bond donors (Lipinski definition) is 0. The van der Waals surface area contributed by atoms with Crippen LogP contribution in [-0.4, -0.2) is 27.6 Å². The zero-order valence-corrected chi connectivity index (χ0v) is 15.2. The molecule has 3 aromatic rings. The van der Waals surface area contributed by atoms with E-state index in [4.69, 9.17) is 10.00 Å². The predicted octanol–water partition coefficient (Wildman–Crippen LogP) is 4.32. The highest BCUT2D eigenvalue weighted by Crippen LogP contribution is 2.32. The minimum atomic E-state index is 0.310. The standard InChI is InChI=1S/C17H13BrN4OS/c1-23-13-8-6-12(7-9-13)22-16(14-4-2-3-5-15(14)18)20-21-17(22)24-11-10-19/h2-9H,11H2,1H3. The lowest BCUT2D eigenvalue weighted by atomic mass is 10.2. The van der Waals surface area contributed by atoms with E-state index in [1.807, 2.05) is 53.1 Å². The van der Waals surface area contributed by atoms with Crippen LogP contribution in [0.4, 0.5) is 0 Å². The topological polar surface area (TPSA) is 63.7 Å². The Balaban J connectivity index is 2.14. The number of thioether (sulfide) groups is 1. The molecule has 120 valence electrons. The number of hydrogen-bond acceptors (Lipinski definition) is 5. The molecular weight excluding hydrogens is 388 g/mol. The molecule has 0 fully saturated rings. The summed E-state index contributed by atoms with van der Waals surface area (Å²) in [5.74, 6) is 1.80. The molecule has 24 heavy (non-hydrogen) atoms. The molecule has 0 aliphatic heterocycles. The summed E-state index contributed by atoms with van der Waals surface area (Å²) < 4.78 is 8.10. The molecule has 5 nitrogen and oxygen atoms in total. The molecule has 3 rings (SSSR count). The lowest BCUT2D eigenvalue weighted by Crippen LogP contribution is -2.00. The molecule has 0 bridgehead atoms. The van der Waals surface area contributed by atoms with Crippen molar-refractivity contribution in [2.24, 2.45) is 0 Å². The summed E-state index contributed by atoms with van der Waals surface area (Å²) >= 11 is 4.92. The number of rotatable bonds is 5. The van der Waals surface area contributed by atoms with Crippen LogP contribution in [0, 0.1) is 11.3 Å². The monoisotopic (exact) mass is 400 g/mol. The average molecular weight is 401 g/mol. The second kappa shape index (κ2) is 7.51. The summed E-state index contributed by atoms with van der Waals surface area (Å²) in [6.45, 7) is 0. The maximum absolute atomic E-state index is 8.87. The summed E-state index contributed by atoms with van der Waals surface area (Å²) in [5, 5.41) is 18.1. The number of nitriles is 1. The number of aromatic nitrogens is 3. The first-order chi connectivity index (χ1) is 11.7. The highest BCUT2D eigenvalue weighted by molar-refractivity contribution is 9.10. The van der Waals surface area contributed by atoms with E-state index in [1.54, 1.807) is 7.11 Å².